The molecular weight excluding hydrogens is 357 g/mol. The molecule has 4 rings (SSSR count). The van der Waals surface area contributed by atoms with Crippen molar-refractivity contribution in [3.05, 3.63) is 101 Å². The van der Waals surface area contributed by atoms with Gasteiger partial charge in [-0.2, -0.15) is 0 Å². The number of rotatable bonds is 4. The number of thiocarbonyl (C=S) groups is 1. The van der Waals surface area contributed by atoms with Crippen molar-refractivity contribution in [1.29, 1.82) is 0 Å². The smallest absolute Gasteiger partial charge is 0.129 e. The summed E-state index contributed by atoms with van der Waals surface area (Å²) in [5.74, 6) is 0.453. The Morgan fingerprint density at radius 1 is 0.926 bits per heavy atom. The molecule has 0 saturated carbocycles. The van der Waals surface area contributed by atoms with Crippen LogP contribution in [0.15, 0.2) is 72.8 Å². The first-order valence-electron chi connectivity index (χ1n) is 9.03. The van der Waals surface area contributed by atoms with Gasteiger partial charge in [0.1, 0.15) is 23.2 Å². The summed E-state index contributed by atoms with van der Waals surface area (Å²) < 4.78 is 19.4. The fraction of sp³-hybridized carbons (Fsp3) is 0.174. The van der Waals surface area contributed by atoms with E-state index in [9.17, 15) is 4.39 Å². The fourth-order valence-corrected chi connectivity index (χ4v) is 3.61. The van der Waals surface area contributed by atoms with Crippen molar-refractivity contribution in [3.8, 4) is 5.75 Å². The van der Waals surface area contributed by atoms with E-state index >= 15 is 0 Å². The maximum absolute atomic E-state index is 13.7. The van der Waals surface area contributed by atoms with Gasteiger partial charge in [0.2, 0.25) is 0 Å². The highest BCUT2D eigenvalue weighted by Gasteiger charge is 2.18. The van der Waals surface area contributed by atoms with E-state index in [2.05, 4.69) is 29.2 Å². The van der Waals surface area contributed by atoms with Gasteiger partial charge in [0, 0.05) is 24.2 Å². The molecule has 27 heavy (non-hydrogen) atoms. The monoisotopic (exact) mass is 377 g/mol. The molecule has 4 heteroatoms. The predicted octanol–water partition coefficient (Wildman–Crippen LogP) is 5.14. The Kier molecular flexibility index (Phi) is 5.16. The van der Waals surface area contributed by atoms with Crippen LogP contribution in [0.4, 0.5) is 4.39 Å². The molecule has 0 aromatic heterocycles. The van der Waals surface area contributed by atoms with E-state index in [1.165, 1.54) is 17.2 Å². The Balaban J connectivity index is 1.40. The van der Waals surface area contributed by atoms with Gasteiger partial charge in [0.25, 0.3) is 0 Å². The second kappa shape index (κ2) is 7.89. The summed E-state index contributed by atoms with van der Waals surface area (Å²) in [7, 11) is 0. The zero-order valence-electron chi connectivity index (χ0n) is 14.9. The average molecular weight is 377 g/mol. The van der Waals surface area contributed by atoms with Gasteiger partial charge >= 0.3 is 0 Å². The average Bonchev–Trinajstić information content (AvgIpc) is 2.73. The predicted molar refractivity (Wildman–Crippen MR) is 109 cm³/mol. The molecular formula is C23H20FNOS. The van der Waals surface area contributed by atoms with Gasteiger partial charge in [-0.25, -0.2) is 4.39 Å². The number of hydrogen-bond donors (Lipinski definition) is 0. The molecule has 1 aliphatic heterocycles. The largest absolute Gasteiger partial charge is 0.489 e. The van der Waals surface area contributed by atoms with Gasteiger partial charge in [-0.3, -0.25) is 0 Å². The van der Waals surface area contributed by atoms with E-state index in [0.29, 0.717) is 11.3 Å². The number of nitrogens with zero attached hydrogens (tertiary/aromatic N) is 1. The van der Waals surface area contributed by atoms with Crippen LogP contribution in [0.1, 0.15) is 22.3 Å². The first-order chi connectivity index (χ1) is 13.2. The van der Waals surface area contributed by atoms with E-state index in [4.69, 9.17) is 17.0 Å². The molecule has 1 aliphatic rings. The molecule has 136 valence electrons. The first-order valence-corrected chi connectivity index (χ1v) is 9.44. The lowest BCUT2D eigenvalue weighted by Gasteiger charge is -2.31. The molecule has 0 N–H and O–H groups in total. The van der Waals surface area contributed by atoms with Crippen LogP contribution in [0.5, 0.6) is 5.75 Å². The van der Waals surface area contributed by atoms with Crippen molar-refractivity contribution in [3.63, 3.8) is 0 Å². The summed E-state index contributed by atoms with van der Waals surface area (Å²) in [6.07, 6.45) is 1.01. The molecule has 0 unspecified atom stereocenters. The van der Waals surface area contributed by atoms with Crippen LogP contribution in [0.25, 0.3) is 0 Å². The Labute approximate surface area is 164 Å². The second-order valence-electron chi connectivity index (χ2n) is 6.65. The lowest BCUT2D eigenvalue weighted by molar-refractivity contribution is 0.300. The Bertz CT molecular complexity index is 955. The van der Waals surface area contributed by atoms with Gasteiger partial charge in [-0.1, -0.05) is 54.7 Å². The Morgan fingerprint density at radius 3 is 2.41 bits per heavy atom. The minimum absolute atomic E-state index is 0.208. The SMILES string of the molecule is Fc1ccccc1COc1ccc(C(=S)N2CCc3ccccc3C2)cc1. The topological polar surface area (TPSA) is 12.5 Å². The van der Waals surface area contributed by atoms with Gasteiger partial charge < -0.3 is 9.64 Å². The van der Waals surface area contributed by atoms with Gasteiger partial charge in [0.15, 0.2) is 0 Å². The van der Waals surface area contributed by atoms with Crippen molar-refractivity contribution in [1.82, 2.24) is 4.90 Å². The number of hydrogen-bond acceptors (Lipinski definition) is 2. The van der Waals surface area contributed by atoms with Crippen LogP contribution in [-0.2, 0) is 19.6 Å². The van der Waals surface area contributed by atoms with Crippen molar-refractivity contribution in [2.75, 3.05) is 6.54 Å². The fourth-order valence-electron chi connectivity index (χ4n) is 3.32. The highest BCUT2D eigenvalue weighted by molar-refractivity contribution is 7.80. The van der Waals surface area contributed by atoms with Crippen molar-refractivity contribution >= 4 is 17.2 Å². The zero-order valence-corrected chi connectivity index (χ0v) is 15.7. The molecule has 0 aliphatic carbocycles. The third kappa shape index (κ3) is 4.01. The van der Waals surface area contributed by atoms with Crippen LogP contribution >= 0.6 is 12.2 Å². The minimum atomic E-state index is -0.249. The summed E-state index contributed by atoms with van der Waals surface area (Å²) >= 11 is 5.71. The molecule has 3 aromatic carbocycles. The van der Waals surface area contributed by atoms with Crippen molar-refractivity contribution in [2.24, 2.45) is 0 Å². The molecule has 0 saturated heterocycles. The van der Waals surface area contributed by atoms with E-state index in [0.717, 1.165) is 30.1 Å². The number of benzene rings is 3. The summed E-state index contributed by atoms with van der Waals surface area (Å²) in [5, 5.41) is 0. The van der Waals surface area contributed by atoms with E-state index in [-0.39, 0.29) is 12.4 Å². The molecule has 2 nitrogen and oxygen atoms in total. The highest BCUT2D eigenvalue weighted by Crippen LogP contribution is 2.22. The summed E-state index contributed by atoms with van der Waals surface area (Å²) in [6.45, 7) is 1.99. The third-order valence-electron chi connectivity index (χ3n) is 4.87. The highest BCUT2D eigenvalue weighted by atomic mass is 32.1. The van der Waals surface area contributed by atoms with E-state index in [1.807, 2.05) is 24.3 Å². The second-order valence-corrected chi connectivity index (χ2v) is 7.04. The third-order valence-corrected chi connectivity index (χ3v) is 5.37. The number of halogens is 1. The zero-order chi connectivity index (χ0) is 18.6. The van der Waals surface area contributed by atoms with Gasteiger partial charge in [-0.15, -0.1) is 0 Å². The van der Waals surface area contributed by atoms with Crippen LogP contribution in [0.3, 0.4) is 0 Å². The summed E-state index contributed by atoms with van der Waals surface area (Å²) in [4.78, 5) is 3.09. The van der Waals surface area contributed by atoms with Crippen LogP contribution < -0.4 is 4.74 Å². The minimum Gasteiger partial charge on any atom is -0.489 e. The lowest BCUT2D eigenvalue weighted by Crippen LogP contribution is -2.35. The maximum atomic E-state index is 13.7. The first kappa shape index (κ1) is 17.7. The molecule has 0 radical (unpaired) electrons. The van der Waals surface area contributed by atoms with Crippen LogP contribution in [-0.4, -0.2) is 16.4 Å². The normalized spacial score (nSPS) is 13.1. The molecule has 0 bridgehead atoms. The van der Waals surface area contributed by atoms with Crippen LogP contribution in [0.2, 0.25) is 0 Å². The Morgan fingerprint density at radius 2 is 1.63 bits per heavy atom. The Hall–Kier alpha value is -2.72. The maximum Gasteiger partial charge on any atom is 0.129 e. The van der Waals surface area contributed by atoms with Gasteiger partial charge in [-0.05, 0) is 47.9 Å². The number of fused-ring (bicyclic) bond motifs is 1. The van der Waals surface area contributed by atoms with Gasteiger partial charge in [0.05, 0.1) is 0 Å². The summed E-state index contributed by atoms with van der Waals surface area (Å²) in [6, 6.07) is 22.9. The lowest BCUT2D eigenvalue weighted by atomic mass is 9.99. The molecule has 0 amide bonds. The van der Waals surface area contributed by atoms with Crippen molar-refractivity contribution < 1.29 is 9.13 Å². The van der Waals surface area contributed by atoms with E-state index in [1.54, 1.807) is 18.2 Å². The molecule has 0 spiro atoms. The molecule has 1 heterocycles. The number of ether oxygens (including phenoxy) is 1. The molecule has 0 atom stereocenters. The standard InChI is InChI=1S/C23H20FNOS/c24-22-8-4-3-7-20(22)16-26-21-11-9-18(10-12-21)23(27)25-14-13-17-5-1-2-6-19(17)15-25/h1-12H,13-16H2. The molecule has 3 aromatic rings. The van der Waals surface area contributed by atoms with E-state index < -0.39 is 0 Å². The quantitative estimate of drug-likeness (QED) is 0.584. The molecule has 0 fully saturated rings. The van der Waals surface area contributed by atoms with Crippen molar-refractivity contribution in [2.45, 2.75) is 19.6 Å². The van der Waals surface area contributed by atoms with Crippen LogP contribution in [0, 0.1) is 5.82 Å². The summed E-state index contributed by atoms with van der Waals surface area (Å²) in [5.41, 5.74) is 4.30.